The van der Waals surface area contributed by atoms with Crippen LogP contribution in [0.1, 0.15) is 19.3 Å². The number of carbonyl (C=O) groups is 1. The third-order valence-electron chi connectivity index (χ3n) is 4.28. The molecule has 1 unspecified atom stereocenters. The molecule has 5 heteroatoms. The topological polar surface area (TPSA) is 54.5 Å². The highest BCUT2D eigenvalue weighted by molar-refractivity contribution is 7.91. The largest absolute Gasteiger partial charge is 0.327 e. The molecule has 1 saturated heterocycles. The van der Waals surface area contributed by atoms with E-state index in [1.807, 2.05) is 0 Å². The molecule has 1 amide bonds. The molecule has 3 aliphatic rings. The summed E-state index contributed by atoms with van der Waals surface area (Å²) in [5.41, 5.74) is -0.122. The molecule has 0 N–H and O–H groups in total. The number of carbonyl (C=O) groups excluding carboxylic acids is 1. The maximum absolute atomic E-state index is 12.3. The van der Waals surface area contributed by atoms with E-state index in [4.69, 9.17) is 6.42 Å². The highest BCUT2D eigenvalue weighted by atomic mass is 32.2. The Morgan fingerprint density at radius 1 is 1.47 bits per heavy atom. The van der Waals surface area contributed by atoms with Gasteiger partial charge in [0, 0.05) is 6.04 Å². The summed E-state index contributed by atoms with van der Waals surface area (Å²) in [7, 11) is -2.97. The van der Waals surface area contributed by atoms with E-state index in [1.165, 1.54) is 0 Å². The molecule has 4 nitrogen and oxygen atoms in total. The highest BCUT2D eigenvalue weighted by Crippen LogP contribution is 2.76. The first-order chi connectivity index (χ1) is 7.98. The molecule has 0 aromatic carbocycles. The number of amides is 1. The molecule has 17 heavy (non-hydrogen) atoms. The summed E-state index contributed by atoms with van der Waals surface area (Å²) in [5, 5.41) is 0. The minimum absolute atomic E-state index is 0.0845. The summed E-state index contributed by atoms with van der Waals surface area (Å²) in [4.78, 5) is 13.9. The van der Waals surface area contributed by atoms with Gasteiger partial charge in [-0.15, -0.1) is 6.42 Å². The van der Waals surface area contributed by atoms with Gasteiger partial charge >= 0.3 is 0 Å². The smallest absolute Gasteiger partial charge is 0.230 e. The molecule has 2 saturated carbocycles. The average molecular weight is 253 g/mol. The normalized spacial score (nSPS) is 40.2. The second-order valence-corrected chi connectivity index (χ2v) is 7.68. The lowest BCUT2D eigenvalue weighted by molar-refractivity contribution is -0.135. The van der Waals surface area contributed by atoms with Crippen molar-refractivity contribution < 1.29 is 13.2 Å². The Balaban J connectivity index is 1.76. The minimum atomic E-state index is -2.97. The van der Waals surface area contributed by atoms with E-state index in [0.717, 1.165) is 12.8 Å². The van der Waals surface area contributed by atoms with Crippen molar-refractivity contribution in [3.63, 3.8) is 0 Å². The van der Waals surface area contributed by atoms with Gasteiger partial charge in [0.15, 0.2) is 9.84 Å². The summed E-state index contributed by atoms with van der Waals surface area (Å²) in [6.45, 7) is 0.244. The maximum Gasteiger partial charge on any atom is 0.230 e. The fourth-order valence-corrected chi connectivity index (χ4v) is 4.55. The molecule has 3 rings (SSSR count). The van der Waals surface area contributed by atoms with Crippen molar-refractivity contribution in [1.29, 1.82) is 0 Å². The highest BCUT2D eigenvalue weighted by Gasteiger charge is 2.75. The number of sulfone groups is 1. The Labute approximate surface area is 101 Å². The van der Waals surface area contributed by atoms with Crippen molar-refractivity contribution in [2.24, 2.45) is 11.3 Å². The molecule has 1 heterocycles. The SMILES string of the molecule is C#CCN(C(=O)C12CC1C2)C1CCS(=O)(=O)C1. The maximum atomic E-state index is 12.3. The minimum Gasteiger partial charge on any atom is -0.327 e. The summed E-state index contributed by atoms with van der Waals surface area (Å²) < 4.78 is 22.9. The number of rotatable bonds is 3. The van der Waals surface area contributed by atoms with Crippen molar-refractivity contribution in [2.75, 3.05) is 18.1 Å². The number of fused-ring (bicyclic) bond motifs is 1. The average Bonchev–Trinajstić information content (AvgIpc) is 3.06. The monoisotopic (exact) mass is 253 g/mol. The van der Waals surface area contributed by atoms with Crippen LogP contribution in [0, 0.1) is 23.7 Å². The first-order valence-electron chi connectivity index (χ1n) is 5.93. The zero-order chi connectivity index (χ0) is 12.3. The van der Waals surface area contributed by atoms with Gasteiger partial charge in [0.25, 0.3) is 0 Å². The van der Waals surface area contributed by atoms with E-state index in [2.05, 4.69) is 5.92 Å². The van der Waals surface area contributed by atoms with Crippen molar-refractivity contribution >= 4 is 15.7 Å². The van der Waals surface area contributed by atoms with E-state index in [0.29, 0.717) is 12.3 Å². The molecule has 1 aliphatic heterocycles. The van der Waals surface area contributed by atoms with E-state index < -0.39 is 9.84 Å². The molecule has 0 radical (unpaired) electrons. The van der Waals surface area contributed by atoms with Crippen LogP contribution in [0.15, 0.2) is 0 Å². The molecule has 3 fully saturated rings. The second-order valence-electron chi connectivity index (χ2n) is 5.46. The third-order valence-corrected chi connectivity index (χ3v) is 6.03. The molecule has 0 aromatic heterocycles. The van der Waals surface area contributed by atoms with E-state index in [9.17, 15) is 13.2 Å². The van der Waals surface area contributed by atoms with Crippen LogP contribution in [0.3, 0.4) is 0 Å². The van der Waals surface area contributed by atoms with Crippen LogP contribution in [0.2, 0.25) is 0 Å². The summed E-state index contributed by atoms with van der Waals surface area (Å²) in [6, 6.07) is -0.195. The van der Waals surface area contributed by atoms with Crippen molar-refractivity contribution in [2.45, 2.75) is 25.3 Å². The van der Waals surface area contributed by atoms with E-state index in [-0.39, 0.29) is 35.4 Å². The molecule has 1 atom stereocenters. The van der Waals surface area contributed by atoms with Crippen LogP contribution in [-0.2, 0) is 14.6 Å². The molecular weight excluding hydrogens is 238 g/mol. The fourth-order valence-electron chi connectivity index (χ4n) is 2.82. The Morgan fingerprint density at radius 2 is 2.12 bits per heavy atom. The van der Waals surface area contributed by atoms with Gasteiger partial charge in [-0.1, -0.05) is 5.92 Å². The third kappa shape index (κ3) is 1.66. The van der Waals surface area contributed by atoms with Crippen LogP contribution in [0.4, 0.5) is 0 Å². The first kappa shape index (κ1) is 11.1. The fraction of sp³-hybridized carbons (Fsp3) is 0.750. The van der Waals surface area contributed by atoms with Gasteiger partial charge in [-0.3, -0.25) is 4.79 Å². The Bertz CT molecular complexity index is 510. The van der Waals surface area contributed by atoms with Crippen molar-refractivity contribution in [3.05, 3.63) is 0 Å². The molecule has 0 spiro atoms. The molecular formula is C12H15NO3S. The first-order valence-corrected chi connectivity index (χ1v) is 7.76. The predicted octanol–water partition coefficient (Wildman–Crippen LogP) is 0.0453. The molecule has 2 aliphatic carbocycles. The zero-order valence-corrected chi connectivity index (χ0v) is 10.4. The standard InChI is InChI=1S/C12H15NO3S/c1-2-4-13(10-3-5-17(15,16)8-10)11(14)12-6-9(12)7-12/h1,9-10H,3-8H2. The summed E-state index contributed by atoms with van der Waals surface area (Å²) in [6.07, 6.45) is 7.78. The van der Waals surface area contributed by atoms with Gasteiger partial charge in [0.05, 0.1) is 23.5 Å². The lowest BCUT2D eigenvalue weighted by atomic mass is 10.1. The van der Waals surface area contributed by atoms with Crippen LogP contribution >= 0.6 is 0 Å². The summed E-state index contributed by atoms with van der Waals surface area (Å²) in [5.74, 6) is 3.41. The quantitative estimate of drug-likeness (QED) is 0.668. The Hall–Kier alpha value is -1.02. The number of nitrogens with zero attached hydrogens (tertiary/aromatic N) is 1. The molecule has 0 aromatic rings. The van der Waals surface area contributed by atoms with Crippen LogP contribution in [-0.4, -0.2) is 43.3 Å². The van der Waals surface area contributed by atoms with Crippen molar-refractivity contribution in [1.82, 2.24) is 4.90 Å². The van der Waals surface area contributed by atoms with Gasteiger partial charge < -0.3 is 4.90 Å². The van der Waals surface area contributed by atoms with Crippen molar-refractivity contribution in [3.8, 4) is 12.3 Å². The van der Waals surface area contributed by atoms with Gasteiger partial charge in [-0.2, -0.15) is 0 Å². The lowest BCUT2D eigenvalue weighted by Gasteiger charge is -2.27. The molecule has 0 bridgehead atoms. The molecule has 92 valence electrons. The van der Waals surface area contributed by atoms with Gasteiger partial charge in [-0.25, -0.2) is 8.42 Å². The van der Waals surface area contributed by atoms with Gasteiger partial charge in [0.2, 0.25) is 5.91 Å². The number of terminal acetylenes is 1. The van der Waals surface area contributed by atoms with Crippen LogP contribution in [0.25, 0.3) is 0 Å². The predicted molar refractivity (Wildman–Crippen MR) is 62.8 cm³/mol. The number of hydrogen-bond donors (Lipinski definition) is 0. The summed E-state index contributed by atoms with van der Waals surface area (Å²) >= 11 is 0. The van der Waals surface area contributed by atoms with E-state index >= 15 is 0 Å². The van der Waals surface area contributed by atoms with Crippen LogP contribution in [0.5, 0.6) is 0 Å². The Kier molecular flexibility index (Phi) is 2.13. The lowest BCUT2D eigenvalue weighted by Crippen LogP contribution is -2.43. The zero-order valence-electron chi connectivity index (χ0n) is 9.55. The Morgan fingerprint density at radius 3 is 2.53 bits per heavy atom. The van der Waals surface area contributed by atoms with Crippen LogP contribution < -0.4 is 0 Å². The number of hydrogen-bond acceptors (Lipinski definition) is 3. The van der Waals surface area contributed by atoms with E-state index in [1.54, 1.807) is 4.90 Å². The van der Waals surface area contributed by atoms with Gasteiger partial charge in [0.1, 0.15) is 0 Å². The van der Waals surface area contributed by atoms with Gasteiger partial charge in [-0.05, 0) is 25.2 Å². The second kappa shape index (κ2) is 3.26.